The number of halogens is 1. The average molecular weight is 353 g/mol. The summed E-state index contributed by atoms with van der Waals surface area (Å²) in [6.45, 7) is 4.93. The second kappa shape index (κ2) is 7.06. The van der Waals surface area contributed by atoms with Gasteiger partial charge in [0.1, 0.15) is 5.75 Å². The Morgan fingerprint density at radius 1 is 1.43 bits per heavy atom. The van der Waals surface area contributed by atoms with Crippen molar-refractivity contribution >= 4 is 15.9 Å². The molecule has 0 saturated carbocycles. The first-order chi connectivity index (χ1) is 10.1. The molecule has 3 N–H and O–H groups in total. The van der Waals surface area contributed by atoms with Crippen LogP contribution in [0.15, 0.2) is 28.7 Å². The minimum atomic E-state index is -0.0177. The molecule has 0 aliphatic carbocycles. The molecule has 21 heavy (non-hydrogen) atoms. The highest BCUT2D eigenvalue weighted by Gasteiger charge is 2.17. The fraction of sp³-hybridized carbons (Fsp3) is 0.400. The summed E-state index contributed by atoms with van der Waals surface area (Å²) in [5.41, 5.74) is 6.14. The van der Waals surface area contributed by atoms with E-state index < -0.39 is 0 Å². The monoisotopic (exact) mass is 352 g/mol. The van der Waals surface area contributed by atoms with E-state index in [2.05, 4.69) is 39.4 Å². The van der Waals surface area contributed by atoms with E-state index in [4.69, 9.17) is 10.6 Å². The van der Waals surface area contributed by atoms with Crippen LogP contribution in [0, 0.1) is 6.92 Å². The highest BCUT2D eigenvalue weighted by Crippen LogP contribution is 2.29. The maximum Gasteiger partial charge on any atom is 0.119 e. The smallest absolute Gasteiger partial charge is 0.119 e. The summed E-state index contributed by atoms with van der Waals surface area (Å²) in [4.78, 5) is 0. The average Bonchev–Trinajstić information content (AvgIpc) is 2.85. The molecule has 0 saturated heterocycles. The second-order valence-electron chi connectivity index (χ2n) is 4.90. The van der Waals surface area contributed by atoms with Crippen molar-refractivity contribution in [2.45, 2.75) is 32.9 Å². The van der Waals surface area contributed by atoms with E-state index in [1.807, 2.05) is 29.8 Å². The standard InChI is InChI=1S/C15H21BrN4O/c1-4-20-11(7-10(2)19-20)8-15(18-17)13-9-12(21-3)5-6-14(13)16/h5-7,9,15,18H,4,8,17H2,1-3H3. The number of hydrogen-bond acceptors (Lipinski definition) is 4. The van der Waals surface area contributed by atoms with Gasteiger partial charge < -0.3 is 4.74 Å². The SMILES string of the molecule is CCn1nc(C)cc1CC(NN)c1cc(OC)ccc1Br. The Balaban J connectivity index is 2.31. The predicted molar refractivity (Wildman–Crippen MR) is 87.1 cm³/mol. The van der Waals surface area contributed by atoms with E-state index >= 15 is 0 Å². The summed E-state index contributed by atoms with van der Waals surface area (Å²) in [5.74, 6) is 6.58. The first kappa shape index (κ1) is 16.0. The molecule has 1 atom stereocenters. The van der Waals surface area contributed by atoms with Crippen LogP contribution < -0.4 is 16.0 Å². The van der Waals surface area contributed by atoms with E-state index in [-0.39, 0.29) is 6.04 Å². The van der Waals surface area contributed by atoms with Crippen LogP contribution in [0.25, 0.3) is 0 Å². The van der Waals surface area contributed by atoms with Crippen LogP contribution in [-0.2, 0) is 13.0 Å². The van der Waals surface area contributed by atoms with Crippen LogP contribution in [-0.4, -0.2) is 16.9 Å². The minimum Gasteiger partial charge on any atom is -0.497 e. The van der Waals surface area contributed by atoms with E-state index in [9.17, 15) is 0 Å². The van der Waals surface area contributed by atoms with Crippen molar-refractivity contribution in [2.75, 3.05) is 7.11 Å². The highest BCUT2D eigenvalue weighted by molar-refractivity contribution is 9.10. The molecule has 114 valence electrons. The molecule has 0 amide bonds. The summed E-state index contributed by atoms with van der Waals surface area (Å²) in [6, 6.07) is 7.97. The van der Waals surface area contributed by atoms with Crippen LogP contribution in [0.3, 0.4) is 0 Å². The molecular weight excluding hydrogens is 332 g/mol. The Kier molecular flexibility index (Phi) is 5.39. The lowest BCUT2D eigenvalue weighted by molar-refractivity contribution is 0.412. The maximum atomic E-state index is 5.77. The van der Waals surface area contributed by atoms with Gasteiger partial charge in [-0.1, -0.05) is 15.9 Å². The summed E-state index contributed by atoms with van der Waals surface area (Å²) in [5, 5.41) is 4.48. The molecule has 0 bridgehead atoms. The Morgan fingerprint density at radius 3 is 2.81 bits per heavy atom. The molecule has 6 heteroatoms. The van der Waals surface area contributed by atoms with Gasteiger partial charge in [-0.3, -0.25) is 16.0 Å². The number of rotatable bonds is 6. The van der Waals surface area contributed by atoms with Crippen molar-refractivity contribution in [1.29, 1.82) is 0 Å². The third-order valence-electron chi connectivity index (χ3n) is 3.48. The van der Waals surface area contributed by atoms with Gasteiger partial charge in [-0.15, -0.1) is 0 Å². The van der Waals surface area contributed by atoms with E-state index in [0.717, 1.165) is 40.1 Å². The predicted octanol–water partition coefficient (Wildman–Crippen LogP) is 2.73. The number of aromatic nitrogens is 2. The van der Waals surface area contributed by atoms with Crippen LogP contribution >= 0.6 is 15.9 Å². The lowest BCUT2D eigenvalue weighted by Crippen LogP contribution is -2.30. The van der Waals surface area contributed by atoms with Gasteiger partial charge in [-0.25, -0.2) is 0 Å². The number of nitrogens with zero attached hydrogens (tertiary/aromatic N) is 2. The Bertz CT molecular complexity index is 612. The molecule has 0 spiro atoms. The number of hydrazine groups is 1. The second-order valence-corrected chi connectivity index (χ2v) is 5.76. The molecular formula is C15H21BrN4O. The molecule has 2 rings (SSSR count). The van der Waals surface area contributed by atoms with E-state index in [1.54, 1.807) is 7.11 Å². The van der Waals surface area contributed by atoms with Crippen LogP contribution in [0.5, 0.6) is 5.75 Å². The quantitative estimate of drug-likeness (QED) is 0.619. The summed E-state index contributed by atoms with van der Waals surface area (Å²) >= 11 is 3.58. The minimum absolute atomic E-state index is 0.0177. The molecule has 0 aliphatic heterocycles. The summed E-state index contributed by atoms with van der Waals surface area (Å²) < 4.78 is 8.31. The third-order valence-corrected chi connectivity index (χ3v) is 4.20. The third kappa shape index (κ3) is 3.64. The molecule has 5 nitrogen and oxygen atoms in total. The Labute approximate surface area is 133 Å². The number of nitrogens with two attached hydrogens (primary N) is 1. The fourth-order valence-electron chi connectivity index (χ4n) is 2.42. The van der Waals surface area contributed by atoms with Crippen molar-refractivity contribution in [3.63, 3.8) is 0 Å². The van der Waals surface area contributed by atoms with Crippen LogP contribution in [0.2, 0.25) is 0 Å². The number of ether oxygens (including phenoxy) is 1. The number of aryl methyl sites for hydroxylation is 2. The van der Waals surface area contributed by atoms with Gasteiger partial charge in [-0.05, 0) is 43.7 Å². The van der Waals surface area contributed by atoms with Crippen molar-refractivity contribution in [1.82, 2.24) is 15.2 Å². The van der Waals surface area contributed by atoms with Gasteiger partial charge in [-0.2, -0.15) is 5.10 Å². The molecule has 1 heterocycles. The van der Waals surface area contributed by atoms with Gasteiger partial charge in [0.05, 0.1) is 18.8 Å². The first-order valence-electron chi connectivity index (χ1n) is 6.92. The lowest BCUT2D eigenvalue weighted by atomic mass is 10.0. The van der Waals surface area contributed by atoms with Gasteiger partial charge in [0, 0.05) is 23.1 Å². The fourth-order valence-corrected chi connectivity index (χ4v) is 2.94. The van der Waals surface area contributed by atoms with Gasteiger partial charge in [0.2, 0.25) is 0 Å². The number of hydrogen-bond donors (Lipinski definition) is 2. The van der Waals surface area contributed by atoms with Crippen molar-refractivity contribution in [3.8, 4) is 5.75 Å². The van der Waals surface area contributed by atoms with Crippen LogP contribution in [0.1, 0.15) is 29.9 Å². The van der Waals surface area contributed by atoms with Gasteiger partial charge >= 0.3 is 0 Å². The largest absolute Gasteiger partial charge is 0.497 e. The molecule has 1 aromatic carbocycles. The highest BCUT2D eigenvalue weighted by atomic mass is 79.9. The van der Waals surface area contributed by atoms with Crippen molar-refractivity contribution < 1.29 is 4.74 Å². The van der Waals surface area contributed by atoms with Crippen LogP contribution in [0.4, 0.5) is 0 Å². The van der Waals surface area contributed by atoms with E-state index in [1.165, 1.54) is 0 Å². The summed E-state index contributed by atoms with van der Waals surface area (Å²) in [7, 11) is 1.66. The van der Waals surface area contributed by atoms with Gasteiger partial charge in [0.15, 0.2) is 0 Å². The normalized spacial score (nSPS) is 12.4. The molecule has 1 aromatic heterocycles. The van der Waals surface area contributed by atoms with Crippen molar-refractivity contribution in [2.24, 2.45) is 5.84 Å². The molecule has 2 aromatic rings. The number of methoxy groups -OCH3 is 1. The molecule has 0 fully saturated rings. The topological polar surface area (TPSA) is 65.1 Å². The number of benzene rings is 1. The Morgan fingerprint density at radius 2 is 2.19 bits per heavy atom. The maximum absolute atomic E-state index is 5.77. The zero-order valence-corrected chi connectivity index (χ0v) is 14.1. The molecule has 0 radical (unpaired) electrons. The van der Waals surface area contributed by atoms with Gasteiger partial charge in [0.25, 0.3) is 0 Å². The zero-order valence-electron chi connectivity index (χ0n) is 12.6. The molecule has 0 aliphatic rings. The first-order valence-corrected chi connectivity index (χ1v) is 7.71. The Hall–Kier alpha value is -1.37. The van der Waals surface area contributed by atoms with E-state index in [0.29, 0.717) is 0 Å². The zero-order chi connectivity index (χ0) is 15.4. The summed E-state index contributed by atoms with van der Waals surface area (Å²) in [6.07, 6.45) is 0.761. The molecule has 1 unspecified atom stereocenters. The van der Waals surface area contributed by atoms with Crippen molar-refractivity contribution in [3.05, 3.63) is 45.7 Å². The lowest BCUT2D eigenvalue weighted by Gasteiger charge is -2.19. The number of nitrogens with one attached hydrogen (secondary N) is 1.